The van der Waals surface area contributed by atoms with E-state index in [1.54, 1.807) is 0 Å². The Morgan fingerprint density at radius 1 is 1.11 bits per heavy atom. The van der Waals surface area contributed by atoms with Gasteiger partial charge in [-0.15, -0.1) is 11.8 Å². The van der Waals surface area contributed by atoms with Crippen molar-refractivity contribution in [3.63, 3.8) is 0 Å². The number of hydrogen-bond acceptors (Lipinski definition) is 6. The van der Waals surface area contributed by atoms with E-state index in [4.69, 9.17) is 4.74 Å². The van der Waals surface area contributed by atoms with Crippen LogP contribution in [0, 0.1) is 6.92 Å². The van der Waals surface area contributed by atoms with E-state index >= 15 is 0 Å². The molecule has 1 saturated carbocycles. The number of rotatable bonds is 9. The highest BCUT2D eigenvalue weighted by atomic mass is 32.2. The second-order valence-electron chi connectivity index (χ2n) is 10.6. The van der Waals surface area contributed by atoms with Gasteiger partial charge in [0.1, 0.15) is 12.1 Å². The summed E-state index contributed by atoms with van der Waals surface area (Å²) in [4.78, 5) is 41.1. The van der Waals surface area contributed by atoms with Gasteiger partial charge in [-0.05, 0) is 63.1 Å². The Labute approximate surface area is 228 Å². The molecule has 4 rings (SSSR count). The molecule has 3 atom stereocenters. The average Bonchev–Trinajstić information content (AvgIpc) is 3.19. The van der Waals surface area contributed by atoms with Crippen LogP contribution in [0.3, 0.4) is 0 Å². The Hall–Kier alpha value is -3.04. The smallest absolute Gasteiger partial charge is 0.407 e. The molecule has 3 N–H and O–H groups in total. The SMILES string of the molecule is Cc1ccccc1CNC(=O)[C@H]1N(C(=O)[C@@H](O)[C@H](Cc2ccccc2)NC(=O)OC2CCC2)CSC1(C)C. The molecule has 1 saturated heterocycles. The second kappa shape index (κ2) is 12.2. The van der Waals surface area contributed by atoms with Crippen LogP contribution in [-0.2, 0) is 27.3 Å². The number of carbonyl (C=O) groups excluding carboxylic acids is 3. The van der Waals surface area contributed by atoms with Crippen LogP contribution in [0.25, 0.3) is 0 Å². The van der Waals surface area contributed by atoms with E-state index in [-0.39, 0.29) is 24.3 Å². The largest absolute Gasteiger partial charge is 0.446 e. The van der Waals surface area contributed by atoms with Crippen LogP contribution in [0.1, 0.15) is 49.8 Å². The number of benzene rings is 2. The van der Waals surface area contributed by atoms with Crippen molar-refractivity contribution in [2.45, 2.75) is 82.0 Å². The Kier molecular flexibility index (Phi) is 8.99. The van der Waals surface area contributed by atoms with Crippen molar-refractivity contribution in [1.29, 1.82) is 0 Å². The van der Waals surface area contributed by atoms with E-state index in [0.29, 0.717) is 6.54 Å². The van der Waals surface area contributed by atoms with Crippen LogP contribution >= 0.6 is 11.8 Å². The molecule has 204 valence electrons. The van der Waals surface area contributed by atoms with Gasteiger partial charge in [-0.1, -0.05) is 54.6 Å². The van der Waals surface area contributed by atoms with Crippen LogP contribution < -0.4 is 10.6 Å². The van der Waals surface area contributed by atoms with Crippen molar-refractivity contribution in [1.82, 2.24) is 15.5 Å². The summed E-state index contributed by atoms with van der Waals surface area (Å²) in [7, 11) is 0. The highest BCUT2D eigenvalue weighted by Gasteiger charge is 2.49. The molecule has 38 heavy (non-hydrogen) atoms. The predicted molar refractivity (Wildman–Crippen MR) is 147 cm³/mol. The van der Waals surface area contributed by atoms with Gasteiger partial charge in [-0.25, -0.2) is 4.79 Å². The maximum absolute atomic E-state index is 13.7. The number of carbonyl (C=O) groups is 3. The monoisotopic (exact) mass is 539 g/mol. The number of ether oxygens (including phenoxy) is 1. The zero-order chi connectivity index (χ0) is 27.3. The van der Waals surface area contributed by atoms with Crippen LogP contribution in [0.15, 0.2) is 54.6 Å². The van der Waals surface area contributed by atoms with Gasteiger partial charge in [-0.2, -0.15) is 0 Å². The molecule has 1 heterocycles. The molecule has 2 aromatic rings. The van der Waals surface area contributed by atoms with Gasteiger partial charge in [0.15, 0.2) is 6.10 Å². The second-order valence-corrected chi connectivity index (χ2v) is 12.2. The first-order valence-electron chi connectivity index (χ1n) is 13.1. The van der Waals surface area contributed by atoms with Gasteiger partial charge >= 0.3 is 6.09 Å². The number of nitrogens with one attached hydrogen (secondary N) is 2. The van der Waals surface area contributed by atoms with Gasteiger partial charge in [0.2, 0.25) is 5.91 Å². The van der Waals surface area contributed by atoms with E-state index in [1.807, 2.05) is 75.4 Å². The molecule has 0 aromatic heterocycles. The fourth-order valence-corrected chi connectivity index (χ4v) is 5.92. The zero-order valence-corrected chi connectivity index (χ0v) is 23.0. The Morgan fingerprint density at radius 2 is 1.79 bits per heavy atom. The molecule has 1 aliphatic heterocycles. The van der Waals surface area contributed by atoms with Crippen LogP contribution in [0.4, 0.5) is 4.79 Å². The average molecular weight is 540 g/mol. The molecule has 9 heteroatoms. The minimum Gasteiger partial charge on any atom is -0.446 e. The molecular weight excluding hydrogens is 502 g/mol. The minimum atomic E-state index is -1.55. The summed E-state index contributed by atoms with van der Waals surface area (Å²) in [6, 6.07) is 15.5. The van der Waals surface area contributed by atoms with Gasteiger partial charge in [0.05, 0.1) is 11.9 Å². The van der Waals surface area contributed by atoms with Crippen molar-refractivity contribution in [2.75, 3.05) is 5.88 Å². The van der Waals surface area contributed by atoms with Crippen LogP contribution in [0.5, 0.6) is 0 Å². The highest BCUT2D eigenvalue weighted by Crippen LogP contribution is 2.40. The molecule has 3 amide bonds. The lowest BCUT2D eigenvalue weighted by Gasteiger charge is -2.33. The molecule has 0 unspecified atom stereocenters. The molecule has 2 aliphatic rings. The molecular formula is C29H37N3O5S. The van der Waals surface area contributed by atoms with Gasteiger partial charge in [-0.3, -0.25) is 9.59 Å². The minimum absolute atomic E-state index is 0.127. The Balaban J connectivity index is 1.48. The lowest BCUT2D eigenvalue weighted by Crippen LogP contribution is -2.58. The number of aryl methyl sites for hydroxylation is 1. The summed E-state index contributed by atoms with van der Waals surface area (Å²) in [5.41, 5.74) is 2.93. The molecule has 0 spiro atoms. The normalized spacial score (nSPS) is 20.2. The first kappa shape index (κ1) is 28.0. The third-order valence-corrected chi connectivity index (χ3v) is 8.73. The van der Waals surface area contributed by atoms with Crippen molar-refractivity contribution in [2.24, 2.45) is 0 Å². The number of aliphatic hydroxyl groups is 1. The van der Waals surface area contributed by atoms with Crippen molar-refractivity contribution in [3.05, 3.63) is 71.3 Å². The number of amides is 3. The quantitative estimate of drug-likeness (QED) is 0.450. The van der Waals surface area contributed by atoms with Crippen LogP contribution in [0.2, 0.25) is 0 Å². The zero-order valence-electron chi connectivity index (χ0n) is 22.2. The topological polar surface area (TPSA) is 108 Å². The summed E-state index contributed by atoms with van der Waals surface area (Å²) in [6.07, 6.45) is 0.563. The summed E-state index contributed by atoms with van der Waals surface area (Å²) >= 11 is 1.48. The van der Waals surface area contributed by atoms with Gasteiger partial charge in [0.25, 0.3) is 5.91 Å². The third kappa shape index (κ3) is 6.69. The van der Waals surface area contributed by atoms with Gasteiger partial charge < -0.3 is 25.4 Å². The summed E-state index contributed by atoms with van der Waals surface area (Å²) in [5.74, 6) is -0.611. The highest BCUT2D eigenvalue weighted by molar-refractivity contribution is 8.00. The van der Waals surface area contributed by atoms with Crippen LogP contribution in [-0.4, -0.2) is 62.8 Å². The maximum Gasteiger partial charge on any atom is 0.407 e. The number of hydrogen-bond donors (Lipinski definition) is 3. The van der Waals surface area contributed by atoms with E-state index in [2.05, 4.69) is 10.6 Å². The maximum atomic E-state index is 13.7. The Morgan fingerprint density at radius 3 is 2.45 bits per heavy atom. The number of aliphatic hydroxyl groups excluding tert-OH is 1. The summed E-state index contributed by atoms with van der Waals surface area (Å²) in [5, 5.41) is 17.0. The lowest BCUT2D eigenvalue weighted by molar-refractivity contribution is -0.147. The number of nitrogens with zero attached hydrogens (tertiary/aromatic N) is 1. The first-order valence-corrected chi connectivity index (χ1v) is 14.1. The van der Waals surface area contributed by atoms with Crippen molar-refractivity contribution >= 4 is 29.7 Å². The molecule has 1 aliphatic carbocycles. The first-order chi connectivity index (χ1) is 18.2. The third-order valence-electron chi connectivity index (χ3n) is 7.35. The summed E-state index contributed by atoms with van der Waals surface area (Å²) in [6.45, 7) is 6.17. The molecule has 2 fully saturated rings. The molecule has 2 aromatic carbocycles. The molecule has 0 radical (unpaired) electrons. The predicted octanol–water partition coefficient (Wildman–Crippen LogP) is 3.54. The molecule has 0 bridgehead atoms. The van der Waals surface area contributed by atoms with E-state index < -0.39 is 34.9 Å². The molecule has 8 nitrogen and oxygen atoms in total. The van der Waals surface area contributed by atoms with E-state index in [1.165, 1.54) is 16.7 Å². The van der Waals surface area contributed by atoms with Crippen molar-refractivity contribution in [3.8, 4) is 0 Å². The van der Waals surface area contributed by atoms with E-state index in [9.17, 15) is 19.5 Å². The standard InChI is InChI=1S/C29H37N3O5S/c1-19-10-7-8-13-21(19)17-30-26(34)25-29(2,3)38-18-32(25)27(35)24(33)23(16-20-11-5-4-6-12-20)31-28(36)37-22-14-9-15-22/h4-8,10-13,22-25,33H,9,14-18H2,1-3H3,(H,30,34)(H,31,36)/t23-,24-,25+/m0/s1. The lowest BCUT2D eigenvalue weighted by atomic mass is 9.96. The van der Waals surface area contributed by atoms with E-state index in [0.717, 1.165) is 36.0 Å². The van der Waals surface area contributed by atoms with Crippen molar-refractivity contribution < 1.29 is 24.2 Å². The summed E-state index contributed by atoms with van der Waals surface area (Å²) < 4.78 is 4.87. The fraction of sp³-hybridized carbons (Fsp3) is 0.483. The fourth-order valence-electron chi connectivity index (χ4n) is 4.78. The Bertz CT molecular complexity index is 1140. The van der Waals surface area contributed by atoms with Gasteiger partial charge in [0, 0.05) is 11.3 Å². The number of alkyl carbamates (subject to hydrolysis) is 1. The number of thioether (sulfide) groups is 1.